The van der Waals surface area contributed by atoms with Crippen molar-refractivity contribution in [3.05, 3.63) is 0 Å². The van der Waals surface area contributed by atoms with E-state index in [2.05, 4.69) is 44.6 Å². The van der Waals surface area contributed by atoms with Crippen molar-refractivity contribution in [3.63, 3.8) is 0 Å². The minimum absolute atomic E-state index is 1.36. The Bertz CT molecular complexity index is 12.4. The van der Waals surface area contributed by atoms with Gasteiger partial charge in [0.1, 0.15) is 0 Å². The van der Waals surface area contributed by atoms with Crippen LogP contribution in [0.5, 0.6) is 0 Å². The topological polar surface area (TPSA) is 0 Å². The maximum absolute atomic E-state index is 2.15. The molecule has 0 heterocycles. The summed E-state index contributed by atoms with van der Waals surface area (Å²) in [5.41, 5.74) is 0. The van der Waals surface area contributed by atoms with Crippen LogP contribution in [0.25, 0.3) is 0 Å². The van der Waals surface area contributed by atoms with Gasteiger partial charge in [-0.25, -0.2) is 0 Å². The Morgan fingerprint density at radius 1 is 1.00 bits per heavy atom. The van der Waals surface area contributed by atoms with Gasteiger partial charge in [0.2, 0.25) is 0 Å². The van der Waals surface area contributed by atoms with E-state index in [1.807, 2.05) is 0 Å². The Kier molecular flexibility index (Phi) is 7.34. The number of rotatable bonds is 2. The molecule has 0 aromatic rings. The second-order valence-electron chi connectivity index (χ2n) is 0.762. The molecule has 0 aromatic heterocycles. The molecule has 0 rings (SSSR count). The van der Waals surface area contributed by atoms with E-state index < -0.39 is 0 Å². The van der Waals surface area contributed by atoms with Gasteiger partial charge in [-0.3, -0.25) is 0 Å². The van der Waals surface area contributed by atoms with Crippen LogP contribution in [-0.2, 0) is 0 Å². The van der Waals surface area contributed by atoms with Crippen LogP contribution in [0, 0.1) is 0 Å². The van der Waals surface area contributed by atoms with Gasteiger partial charge < -0.3 is 0 Å². The fourth-order valence-electron chi connectivity index (χ4n) is 0.0589. The molecule has 2 heteroatoms. The first kappa shape index (κ1) is 6.58. The van der Waals surface area contributed by atoms with Gasteiger partial charge in [-0.1, -0.05) is 0 Å². The van der Waals surface area contributed by atoms with Crippen molar-refractivity contribution in [1.82, 2.24) is 0 Å². The van der Waals surface area contributed by atoms with Crippen LogP contribution in [0.1, 0.15) is 6.42 Å². The summed E-state index contributed by atoms with van der Waals surface area (Å²) < 4.78 is 2.71. The molecular weight excluding hydrogens is 291 g/mol. The Morgan fingerprint density at radius 2 is 1.40 bits per heavy atom. The third-order valence-electron chi connectivity index (χ3n) is 0.289. The summed E-state index contributed by atoms with van der Waals surface area (Å²) in [4.78, 5) is 0. The van der Waals surface area contributed by atoms with Crippen molar-refractivity contribution >= 4 is 44.6 Å². The number of hydrogen-bond donors (Lipinski definition) is 0. The number of hydrogen-bond acceptors (Lipinski definition) is 0. The molecule has 0 aliphatic heterocycles. The molecule has 0 spiro atoms. The first-order valence-corrected chi connectivity index (χ1v) is 4.87. The molecule has 2 radical (unpaired) electrons. The Balaban J connectivity index is 2.19. The van der Waals surface area contributed by atoms with Gasteiger partial charge in [-0.2, -0.15) is 0 Å². The molecule has 0 fully saturated rings. The summed E-state index contributed by atoms with van der Waals surface area (Å²) in [5, 5.41) is 0. The molecule has 0 aliphatic carbocycles. The minimum atomic E-state index is 1.36. The van der Waals surface area contributed by atoms with E-state index >= 15 is 0 Å². The van der Waals surface area contributed by atoms with Gasteiger partial charge in [-0.05, 0) is 0 Å². The van der Waals surface area contributed by atoms with Crippen molar-refractivity contribution in [2.75, 3.05) is 0 Å². The second kappa shape index (κ2) is 5.58. The molecule has 5 heavy (non-hydrogen) atoms. The van der Waals surface area contributed by atoms with Crippen LogP contribution in [0.2, 0.25) is 8.94 Å². The summed E-state index contributed by atoms with van der Waals surface area (Å²) in [6.45, 7) is 0. The van der Waals surface area contributed by atoms with Crippen molar-refractivity contribution < 1.29 is 0 Å². The van der Waals surface area contributed by atoms with Crippen molar-refractivity contribution in [1.29, 1.82) is 0 Å². The van der Waals surface area contributed by atoms with E-state index in [4.69, 9.17) is 0 Å². The quantitative estimate of drug-likeness (QED) is 0.653. The molecule has 0 aromatic carbocycles. The van der Waals surface area contributed by atoms with Gasteiger partial charge >= 0.3 is 59.9 Å². The van der Waals surface area contributed by atoms with E-state index in [0.717, 1.165) is 0 Å². The summed E-state index contributed by atoms with van der Waals surface area (Å²) in [5.74, 6) is 0. The normalized spacial score (nSPS) is 8.40. The standard InChI is InChI=1S/C3H6Te2/c4-2-1-3-5/h1-3H2. The Labute approximate surface area is 59.5 Å². The average Bonchev–Trinajstić information content (AvgIpc) is 1.41. The van der Waals surface area contributed by atoms with Crippen molar-refractivity contribution in [2.24, 2.45) is 0 Å². The van der Waals surface area contributed by atoms with Crippen LogP contribution in [0.4, 0.5) is 0 Å². The Morgan fingerprint density at radius 3 is 1.40 bits per heavy atom. The second-order valence-corrected chi connectivity index (χ2v) is 3.09. The molecule has 0 saturated heterocycles. The first-order valence-electron chi connectivity index (χ1n) is 1.58. The molecule has 30 valence electrons. The summed E-state index contributed by atoms with van der Waals surface area (Å²) in [6, 6.07) is 0. The van der Waals surface area contributed by atoms with Gasteiger partial charge in [0.15, 0.2) is 0 Å². The van der Waals surface area contributed by atoms with Crippen molar-refractivity contribution in [2.45, 2.75) is 15.4 Å². The summed E-state index contributed by atoms with van der Waals surface area (Å²) in [7, 11) is 0. The zero-order chi connectivity index (χ0) is 4.12. The van der Waals surface area contributed by atoms with Crippen molar-refractivity contribution in [3.8, 4) is 0 Å². The van der Waals surface area contributed by atoms with Gasteiger partial charge in [0.25, 0.3) is 0 Å². The van der Waals surface area contributed by atoms with E-state index in [-0.39, 0.29) is 0 Å². The van der Waals surface area contributed by atoms with Gasteiger partial charge in [0.05, 0.1) is 0 Å². The third kappa shape index (κ3) is 5.58. The third-order valence-corrected chi connectivity index (χ3v) is 1.94. The molecule has 0 atom stereocenters. The van der Waals surface area contributed by atoms with Crippen LogP contribution < -0.4 is 0 Å². The summed E-state index contributed by atoms with van der Waals surface area (Å²) in [6.07, 6.45) is 1.40. The predicted molar refractivity (Wildman–Crippen MR) is 25.7 cm³/mol. The van der Waals surface area contributed by atoms with E-state index in [0.29, 0.717) is 0 Å². The average molecular weight is 297 g/mol. The van der Waals surface area contributed by atoms with Crippen LogP contribution in [-0.4, -0.2) is 44.6 Å². The SMILES string of the molecule is [Te]CCC[Te]. The Hall–Kier alpha value is 1.58. The van der Waals surface area contributed by atoms with E-state index in [1.165, 1.54) is 15.4 Å². The molecule has 0 nitrogen and oxygen atoms in total. The van der Waals surface area contributed by atoms with E-state index in [1.54, 1.807) is 0 Å². The first-order chi connectivity index (χ1) is 2.41. The molecule has 0 bridgehead atoms. The zero-order valence-electron chi connectivity index (χ0n) is 2.94. The molecule has 0 saturated carbocycles. The fraction of sp³-hybridized carbons (Fsp3) is 1.00. The van der Waals surface area contributed by atoms with Gasteiger partial charge in [-0.15, -0.1) is 0 Å². The van der Waals surface area contributed by atoms with Crippen LogP contribution in [0.15, 0.2) is 0 Å². The van der Waals surface area contributed by atoms with Crippen LogP contribution in [0.3, 0.4) is 0 Å². The zero-order valence-corrected chi connectivity index (χ0v) is 7.60. The molecule has 0 N–H and O–H groups in total. The predicted octanol–water partition coefficient (Wildman–Crippen LogP) is 0.550. The summed E-state index contributed by atoms with van der Waals surface area (Å²) >= 11 is 4.31. The maximum atomic E-state index is 2.15. The molecular formula is C3H6Te2. The van der Waals surface area contributed by atoms with Crippen LogP contribution >= 0.6 is 0 Å². The van der Waals surface area contributed by atoms with Gasteiger partial charge in [0, 0.05) is 0 Å². The van der Waals surface area contributed by atoms with E-state index in [9.17, 15) is 0 Å². The molecule has 0 amide bonds. The molecule has 0 aliphatic rings. The fourth-order valence-corrected chi connectivity index (χ4v) is 2.65. The monoisotopic (exact) mass is 302 g/mol. The molecule has 0 unspecified atom stereocenters.